The van der Waals surface area contributed by atoms with E-state index in [0.717, 1.165) is 50.0 Å². The molecule has 0 spiro atoms. The van der Waals surface area contributed by atoms with Crippen molar-refractivity contribution in [2.75, 3.05) is 0 Å². The molecule has 0 fully saturated rings. The Morgan fingerprint density at radius 3 is 1.56 bits per heavy atom. The van der Waals surface area contributed by atoms with Gasteiger partial charge in [0.15, 0.2) is 0 Å². The van der Waals surface area contributed by atoms with Crippen LogP contribution in [0.25, 0.3) is 0 Å². The maximum atomic E-state index is 6.52. The van der Waals surface area contributed by atoms with Crippen molar-refractivity contribution in [3.8, 4) is 11.5 Å². The minimum absolute atomic E-state index is 0.952. The first-order valence-corrected chi connectivity index (χ1v) is 10.1. The number of hydrogen-bond acceptors (Lipinski definition) is 1. The molecule has 0 N–H and O–H groups in total. The molecule has 0 bridgehead atoms. The number of hydrogen-bond donors (Lipinski definition) is 0. The van der Waals surface area contributed by atoms with Gasteiger partial charge in [-0.3, -0.25) is 0 Å². The summed E-state index contributed by atoms with van der Waals surface area (Å²) in [5.41, 5.74) is 5.88. The molecule has 0 unspecified atom stereocenters. The fraction of sp³-hybridized carbons (Fsp3) is 0.500. The van der Waals surface area contributed by atoms with Gasteiger partial charge in [-0.15, -0.1) is 0 Å². The zero-order valence-corrected chi connectivity index (χ0v) is 16.5. The van der Waals surface area contributed by atoms with Crippen LogP contribution < -0.4 is 4.74 Å². The lowest BCUT2D eigenvalue weighted by Crippen LogP contribution is -2.06. The summed E-state index contributed by atoms with van der Waals surface area (Å²) in [5, 5.41) is 0. The van der Waals surface area contributed by atoms with E-state index < -0.39 is 0 Å². The summed E-state index contributed by atoms with van der Waals surface area (Å²) < 4.78 is 6.52. The average molecular weight is 339 g/mol. The Balaban J connectivity index is 2.62. The molecule has 1 heteroatoms. The summed E-state index contributed by atoms with van der Waals surface area (Å²) in [6, 6.07) is 12.8. The van der Waals surface area contributed by atoms with Crippen molar-refractivity contribution in [1.29, 1.82) is 0 Å². The highest BCUT2D eigenvalue weighted by molar-refractivity contribution is 5.53. The molecular weight excluding hydrogens is 304 g/mol. The Hall–Kier alpha value is -1.76. The summed E-state index contributed by atoms with van der Waals surface area (Å²) in [6.45, 7) is 9.07. The zero-order valence-electron chi connectivity index (χ0n) is 16.5. The first kappa shape index (κ1) is 19.6. The van der Waals surface area contributed by atoms with Crippen LogP contribution in [-0.4, -0.2) is 0 Å². The minimum atomic E-state index is 0.952. The summed E-state index contributed by atoms with van der Waals surface area (Å²) in [7, 11) is 0. The summed E-state index contributed by atoms with van der Waals surface area (Å²) in [6.07, 6.45) is 9.15. The minimum Gasteiger partial charge on any atom is -0.457 e. The van der Waals surface area contributed by atoms with Gasteiger partial charge in [0.05, 0.1) is 0 Å². The van der Waals surface area contributed by atoms with Gasteiger partial charge < -0.3 is 4.74 Å². The van der Waals surface area contributed by atoms with Crippen LogP contribution in [0.3, 0.4) is 0 Å². The second kappa shape index (κ2) is 10.3. The summed E-state index contributed by atoms with van der Waals surface area (Å²) in [5.74, 6) is 2.11. The Morgan fingerprint density at radius 2 is 1.12 bits per heavy atom. The van der Waals surface area contributed by atoms with E-state index in [-0.39, 0.29) is 0 Å². The quantitative estimate of drug-likeness (QED) is 0.442. The van der Waals surface area contributed by atoms with Crippen LogP contribution in [0.5, 0.6) is 11.5 Å². The second-order valence-corrected chi connectivity index (χ2v) is 6.90. The molecule has 0 saturated heterocycles. The number of para-hydroxylation sites is 1. The maximum Gasteiger partial charge on any atom is 0.134 e. The molecule has 0 amide bonds. The highest BCUT2D eigenvalue weighted by atomic mass is 16.5. The molecule has 136 valence electrons. The third-order valence-electron chi connectivity index (χ3n) is 4.67. The largest absolute Gasteiger partial charge is 0.457 e. The van der Waals surface area contributed by atoms with Gasteiger partial charge in [-0.05, 0) is 60.1 Å². The van der Waals surface area contributed by atoms with E-state index in [1.54, 1.807) is 0 Å². The van der Waals surface area contributed by atoms with Gasteiger partial charge in [0.2, 0.25) is 0 Å². The molecule has 0 aliphatic rings. The van der Waals surface area contributed by atoms with E-state index in [1.165, 1.54) is 35.1 Å². The molecule has 2 rings (SSSR count). The molecule has 0 heterocycles. The van der Waals surface area contributed by atoms with Crippen LogP contribution in [0.1, 0.15) is 75.6 Å². The zero-order chi connectivity index (χ0) is 18.1. The molecule has 1 nitrogen and oxygen atoms in total. The van der Waals surface area contributed by atoms with Gasteiger partial charge in [0.25, 0.3) is 0 Å². The van der Waals surface area contributed by atoms with Crippen LogP contribution in [0.4, 0.5) is 0 Å². The molecule has 0 radical (unpaired) electrons. The molecule has 0 atom stereocenters. The summed E-state index contributed by atoms with van der Waals surface area (Å²) >= 11 is 0. The van der Waals surface area contributed by atoms with Crippen molar-refractivity contribution in [3.63, 3.8) is 0 Å². The number of rotatable bonds is 10. The highest BCUT2D eigenvalue weighted by Crippen LogP contribution is 2.37. The number of aryl methyl sites for hydroxylation is 2. The first-order chi connectivity index (χ1) is 12.2. The van der Waals surface area contributed by atoms with E-state index in [0.29, 0.717) is 0 Å². The van der Waals surface area contributed by atoms with Gasteiger partial charge in [0.1, 0.15) is 11.5 Å². The topological polar surface area (TPSA) is 9.23 Å². The fourth-order valence-electron chi connectivity index (χ4n) is 3.62. The molecule has 25 heavy (non-hydrogen) atoms. The predicted octanol–water partition coefficient (Wildman–Crippen LogP) is 7.29. The fourth-order valence-corrected chi connectivity index (χ4v) is 3.62. The van der Waals surface area contributed by atoms with Gasteiger partial charge >= 0.3 is 0 Å². The smallest absolute Gasteiger partial charge is 0.134 e. The molecule has 0 saturated carbocycles. The van der Waals surface area contributed by atoms with Crippen molar-refractivity contribution in [1.82, 2.24) is 0 Å². The van der Waals surface area contributed by atoms with Crippen molar-refractivity contribution in [2.45, 2.75) is 79.1 Å². The second-order valence-electron chi connectivity index (χ2n) is 6.90. The van der Waals surface area contributed by atoms with E-state index in [9.17, 15) is 0 Å². The summed E-state index contributed by atoms with van der Waals surface area (Å²) in [4.78, 5) is 0. The van der Waals surface area contributed by atoms with Crippen LogP contribution in [0.15, 0.2) is 36.4 Å². The van der Waals surface area contributed by atoms with E-state index >= 15 is 0 Å². The van der Waals surface area contributed by atoms with Crippen molar-refractivity contribution < 1.29 is 4.74 Å². The number of ether oxygens (including phenoxy) is 1. The molecule has 0 aliphatic carbocycles. The predicted molar refractivity (Wildman–Crippen MR) is 109 cm³/mol. The van der Waals surface area contributed by atoms with E-state index in [1.807, 2.05) is 6.07 Å². The van der Waals surface area contributed by atoms with Gasteiger partial charge in [0, 0.05) is 0 Å². The lowest BCUT2D eigenvalue weighted by Gasteiger charge is -2.22. The van der Waals surface area contributed by atoms with E-state index in [2.05, 4.69) is 58.0 Å². The van der Waals surface area contributed by atoms with Crippen LogP contribution >= 0.6 is 0 Å². The first-order valence-electron chi connectivity index (χ1n) is 10.1. The highest BCUT2D eigenvalue weighted by Gasteiger charge is 2.18. The molecule has 0 aromatic heterocycles. The van der Waals surface area contributed by atoms with Crippen LogP contribution in [0.2, 0.25) is 0 Å². The Kier molecular flexibility index (Phi) is 8.04. The van der Waals surface area contributed by atoms with Crippen molar-refractivity contribution in [2.24, 2.45) is 0 Å². The van der Waals surface area contributed by atoms with Crippen LogP contribution in [0, 0.1) is 0 Å². The molecule has 2 aromatic carbocycles. The number of benzene rings is 2. The van der Waals surface area contributed by atoms with Crippen molar-refractivity contribution in [3.05, 3.63) is 58.7 Å². The average Bonchev–Trinajstić information content (AvgIpc) is 2.62. The third kappa shape index (κ3) is 5.11. The molecular formula is C24H34O. The Labute approximate surface area is 154 Å². The standard InChI is InChI=1S/C24H34O/c1-5-12-19-18-20(13-6-2)23(15-8-4)24(22(19)14-7-3)25-21-16-10-9-11-17-21/h9-11,16-18H,5-8,12-15H2,1-4H3. The monoisotopic (exact) mass is 338 g/mol. The Morgan fingerprint density at radius 1 is 0.640 bits per heavy atom. The van der Waals surface area contributed by atoms with E-state index in [4.69, 9.17) is 4.74 Å². The maximum absolute atomic E-state index is 6.52. The van der Waals surface area contributed by atoms with Gasteiger partial charge in [-0.1, -0.05) is 77.6 Å². The van der Waals surface area contributed by atoms with Gasteiger partial charge in [-0.2, -0.15) is 0 Å². The lowest BCUT2D eigenvalue weighted by molar-refractivity contribution is 0.466. The Bertz CT molecular complexity index is 609. The SMILES string of the molecule is CCCc1cc(CCC)c(CCC)c(Oc2ccccc2)c1CCC. The molecule has 0 aliphatic heterocycles. The van der Waals surface area contributed by atoms with Gasteiger partial charge in [-0.25, -0.2) is 0 Å². The molecule has 2 aromatic rings. The van der Waals surface area contributed by atoms with Crippen LogP contribution in [-0.2, 0) is 25.7 Å². The normalized spacial score (nSPS) is 10.9. The third-order valence-corrected chi connectivity index (χ3v) is 4.67. The lowest BCUT2D eigenvalue weighted by atomic mass is 9.88. The van der Waals surface area contributed by atoms with Crippen molar-refractivity contribution >= 4 is 0 Å².